The SMILES string of the molecule is COC(=O)Cc1c(OC)ccc(CCl)c1C#N. The zero-order chi connectivity index (χ0) is 12.8. The smallest absolute Gasteiger partial charge is 0.310 e. The second-order valence-electron chi connectivity index (χ2n) is 3.28. The van der Waals surface area contributed by atoms with Crippen LogP contribution in [0, 0.1) is 11.3 Å². The molecule has 0 atom stereocenters. The van der Waals surface area contributed by atoms with E-state index >= 15 is 0 Å². The minimum Gasteiger partial charge on any atom is -0.496 e. The van der Waals surface area contributed by atoms with Crippen LogP contribution in [0.3, 0.4) is 0 Å². The van der Waals surface area contributed by atoms with Crippen LogP contribution in [0.1, 0.15) is 16.7 Å². The van der Waals surface area contributed by atoms with Gasteiger partial charge in [-0.05, 0) is 11.6 Å². The number of halogens is 1. The van der Waals surface area contributed by atoms with Crippen molar-refractivity contribution in [2.24, 2.45) is 0 Å². The molecule has 0 unspecified atom stereocenters. The molecular formula is C12H12ClNO3. The van der Waals surface area contributed by atoms with E-state index < -0.39 is 5.97 Å². The van der Waals surface area contributed by atoms with Crippen LogP contribution in [-0.4, -0.2) is 20.2 Å². The summed E-state index contributed by atoms with van der Waals surface area (Å²) in [5.41, 5.74) is 1.57. The molecule has 0 radical (unpaired) electrons. The molecular weight excluding hydrogens is 242 g/mol. The Morgan fingerprint density at radius 1 is 1.47 bits per heavy atom. The quantitative estimate of drug-likeness (QED) is 0.608. The average molecular weight is 254 g/mol. The second kappa shape index (κ2) is 6.12. The molecule has 5 heteroatoms. The number of carbonyl (C=O) groups is 1. The van der Waals surface area contributed by atoms with Crippen LogP contribution in [0.5, 0.6) is 5.75 Å². The van der Waals surface area contributed by atoms with Gasteiger partial charge >= 0.3 is 5.97 Å². The summed E-state index contributed by atoms with van der Waals surface area (Å²) in [5, 5.41) is 9.12. The summed E-state index contributed by atoms with van der Waals surface area (Å²) in [6, 6.07) is 5.45. The monoisotopic (exact) mass is 253 g/mol. The molecule has 4 nitrogen and oxygen atoms in total. The van der Waals surface area contributed by atoms with Gasteiger partial charge in [-0.15, -0.1) is 11.6 Å². The van der Waals surface area contributed by atoms with E-state index in [9.17, 15) is 4.79 Å². The standard InChI is InChI=1S/C12H12ClNO3/c1-16-11-4-3-8(6-13)10(7-14)9(11)5-12(15)17-2/h3-4H,5-6H2,1-2H3. The fourth-order valence-electron chi connectivity index (χ4n) is 1.51. The molecule has 0 spiro atoms. The molecule has 1 aromatic rings. The van der Waals surface area contributed by atoms with Crippen molar-refractivity contribution in [1.82, 2.24) is 0 Å². The Morgan fingerprint density at radius 2 is 2.18 bits per heavy atom. The van der Waals surface area contributed by atoms with E-state index in [0.717, 1.165) is 0 Å². The van der Waals surface area contributed by atoms with Crippen molar-refractivity contribution in [1.29, 1.82) is 5.26 Å². The first-order chi connectivity index (χ1) is 8.17. The van der Waals surface area contributed by atoms with Gasteiger partial charge in [-0.1, -0.05) is 6.07 Å². The Balaban J connectivity index is 3.31. The van der Waals surface area contributed by atoms with Crippen LogP contribution in [0.15, 0.2) is 12.1 Å². The first kappa shape index (κ1) is 13.3. The Morgan fingerprint density at radius 3 is 2.65 bits per heavy atom. The lowest BCUT2D eigenvalue weighted by atomic mass is 9.99. The number of esters is 1. The lowest BCUT2D eigenvalue weighted by molar-refractivity contribution is -0.139. The third-order valence-corrected chi connectivity index (χ3v) is 2.67. The molecule has 0 fully saturated rings. The number of ether oxygens (including phenoxy) is 2. The number of benzene rings is 1. The maximum absolute atomic E-state index is 11.3. The van der Waals surface area contributed by atoms with Crippen LogP contribution in [0.25, 0.3) is 0 Å². The molecule has 0 aliphatic carbocycles. The number of nitriles is 1. The molecule has 0 heterocycles. The number of alkyl halides is 1. The summed E-state index contributed by atoms with van der Waals surface area (Å²) in [4.78, 5) is 11.3. The number of rotatable bonds is 4. The van der Waals surface area contributed by atoms with Gasteiger partial charge in [0.2, 0.25) is 0 Å². The van der Waals surface area contributed by atoms with Crippen molar-refractivity contribution in [3.63, 3.8) is 0 Å². The summed E-state index contributed by atoms with van der Waals surface area (Å²) >= 11 is 5.74. The fourth-order valence-corrected chi connectivity index (χ4v) is 1.73. The van der Waals surface area contributed by atoms with Gasteiger partial charge in [-0.2, -0.15) is 5.26 Å². The Labute approximate surface area is 105 Å². The van der Waals surface area contributed by atoms with Crippen LogP contribution in [0.4, 0.5) is 0 Å². The van der Waals surface area contributed by atoms with E-state index in [1.54, 1.807) is 12.1 Å². The van der Waals surface area contributed by atoms with Crippen molar-refractivity contribution in [2.75, 3.05) is 14.2 Å². The summed E-state index contributed by atoms with van der Waals surface area (Å²) in [6.45, 7) is 0. The third kappa shape index (κ3) is 2.89. The number of hydrogen-bond acceptors (Lipinski definition) is 4. The molecule has 1 aromatic carbocycles. The Hall–Kier alpha value is -1.73. The number of hydrogen-bond donors (Lipinski definition) is 0. The van der Waals surface area contributed by atoms with E-state index in [0.29, 0.717) is 22.4 Å². The van der Waals surface area contributed by atoms with E-state index in [1.807, 2.05) is 6.07 Å². The van der Waals surface area contributed by atoms with E-state index in [-0.39, 0.29) is 12.3 Å². The molecule has 17 heavy (non-hydrogen) atoms. The predicted octanol–water partition coefficient (Wildman–Crippen LogP) is 2.02. The van der Waals surface area contributed by atoms with Crippen LogP contribution in [-0.2, 0) is 21.8 Å². The largest absolute Gasteiger partial charge is 0.496 e. The summed E-state index contributed by atoms with van der Waals surface area (Å²) in [5.74, 6) is 0.272. The zero-order valence-electron chi connectivity index (χ0n) is 9.62. The number of carbonyl (C=O) groups excluding carboxylic acids is 1. The van der Waals surface area contributed by atoms with E-state index in [1.165, 1.54) is 14.2 Å². The van der Waals surface area contributed by atoms with Crippen molar-refractivity contribution < 1.29 is 14.3 Å². The summed E-state index contributed by atoms with van der Waals surface area (Å²) in [7, 11) is 2.78. The molecule has 0 N–H and O–H groups in total. The van der Waals surface area contributed by atoms with Gasteiger partial charge in [0.15, 0.2) is 0 Å². The molecule has 0 amide bonds. The van der Waals surface area contributed by atoms with Gasteiger partial charge in [-0.3, -0.25) is 4.79 Å². The maximum atomic E-state index is 11.3. The summed E-state index contributed by atoms with van der Waals surface area (Å²) < 4.78 is 9.72. The van der Waals surface area contributed by atoms with Crippen molar-refractivity contribution in [3.05, 3.63) is 28.8 Å². The first-order valence-corrected chi connectivity index (χ1v) is 5.43. The van der Waals surface area contributed by atoms with Gasteiger partial charge in [0.1, 0.15) is 5.75 Å². The lowest BCUT2D eigenvalue weighted by Crippen LogP contribution is -2.09. The van der Waals surface area contributed by atoms with Gasteiger partial charge < -0.3 is 9.47 Å². The van der Waals surface area contributed by atoms with Crippen molar-refractivity contribution in [3.8, 4) is 11.8 Å². The maximum Gasteiger partial charge on any atom is 0.310 e. The Kier molecular flexibility index (Phi) is 4.80. The fraction of sp³-hybridized carbons (Fsp3) is 0.333. The molecule has 1 rings (SSSR count). The number of nitrogens with zero attached hydrogens (tertiary/aromatic N) is 1. The molecule has 0 aliphatic heterocycles. The lowest BCUT2D eigenvalue weighted by Gasteiger charge is -2.11. The molecule has 0 saturated heterocycles. The van der Waals surface area contributed by atoms with Crippen LogP contribution in [0.2, 0.25) is 0 Å². The highest BCUT2D eigenvalue weighted by molar-refractivity contribution is 6.17. The van der Waals surface area contributed by atoms with Gasteiger partial charge in [-0.25, -0.2) is 0 Å². The van der Waals surface area contributed by atoms with E-state index in [2.05, 4.69) is 4.74 Å². The summed E-state index contributed by atoms with van der Waals surface area (Å²) in [6.07, 6.45) is -0.00665. The first-order valence-electron chi connectivity index (χ1n) is 4.89. The topological polar surface area (TPSA) is 59.3 Å². The second-order valence-corrected chi connectivity index (χ2v) is 3.55. The molecule has 0 aliphatic rings. The van der Waals surface area contributed by atoms with Crippen LogP contribution >= 0.6 is 11.6 Å². The average Bonchev–Trinajstić information content (AvgIpc) is 2.37. The number of methoxy groups -OCH3 is 2. The normalized spacial score (nSPS) is 9.53. The minimum atomic E-state index is -0.425. The van der Waals surface area contributed by atoms with Crippen LogP contribution < -0.4 is 4.74 Å². The van der Waals surface area contributed by atoms with Crippen molar-refractivity contribution in [2.45, 2.75) is 12.3 Å². The van der Waals surface area contributed by atoms with Gasteiger partial charge in [0.25, 0.3) is 0 Å². The molecule has 90 valence electrons. The molecule has 0 aromatic heterocycles. The zero-order valence-corrected chi connectivity index (χ0v) is 10.4. The molecule has 0 saturated carbocycles. The Bertz CT molecular complexity index is 466. The minimum absolute atomic E-state index is 0.00665. The third-order valence-electron chi connectivity index (χ3n) is 2.38. The highest BCUT2D eigenvalue weighted by atomic mass is 35.5. The molecule has 0 bridgehead atoms. The van der Waals surface area contributed by atoms with Gasteiger partial charge in [0, 0.05) is 11.4 Å². The van der Waals surface area contributed by atoms with Gasteiger partial charge in [0.05, 0.1) is 32.3 Å². The highest BCUT2D eigenvalue weighted by Gasteiger charge is 2.16. The van der Waals surface area contributed by atoms with E-state index in [4.69, 9.17) is 21.6 Å². The predicted molar refractivity (Wildman–Crippen MR) is 63.0 cm³/mol. The highest BCUT2D eigenvalue weighted by Crippen LogP contribution is 2.27. The van der Waals surface area contributed by atoms with Crippen molar-refractivity contribution >= 4 is 17.6 Å².